The van der Waals surface area contributed by atoms with E-state index in [1.54, 1.807) is 0 Å². The highest BCUT2D eigenvalue weighted by Gasteiger charge is 2.24. The van der Waals surface area contributed by atoms with E-state index in [0.29, 0.717) is 17.6 Å². The zero-order valence-corrected chi connectivity index (χ0v) is 13.6. The van der Waals surface area contributed by atoms with Crippen molar-refractivity contribution in [3.05, 3.63) is 28.2 Å². The summed E-state index contributed by atoms with van der Waals surface area (Å²) in [5, 5.41) is 9.02. The van der Waals surface area contributed by atoms with Crippen molar-refractivity contribution < 1.29 is 0 Å². The molecule has 0 radical (unpaired) electrons. The minimum atomic E-state index is 0.377. The fourth-order valence-electron chi connectivity index (χ4n) is 2.95. The van der Waals surface area contributed by atoms with Gasteiger partial charge in [-0.25, -0.2) is 0 Å². The van der Waals surface area contributed by atoms with Crippen molar-refractivity contribution in [2.24, 2.45) is 5.73 Å². The lowest BCUT2D eigenvalue weighted by Gasteiger charge is -2.37. The van der Waals surface area contributed by atoms with Crippen LogP contribution in [0.25, 0.3) is 0 Å². The molecule has 1 aromatic carbocycles. The Morgan fingerprint density at radius 3 is 2.60 bits per heavy atom. The minimum Gasteiger partial charge on any atom is -0.369 e. The van der Waals surface area contributed by atoms with Gasteiger partial charge in [-0.2, -0.15) is 5.26 Å². The fraction of sp³-hybridized carbons (Fsp3) is 0.562. The van der Waals surface area contributed by atoms with Crippen molar-refractivity contribution in [2.45, 2.75) is 51.1 Å². The van der Waals surface area contributed by atoms with Gasteiger partial charge in [-0.1, -0.05) is 6.92 Å². The van der Waals surface area contributed by atoms with Crippen molar-refractivity contribution in [1.29, 1.82) is 5.26 Å². The first-order chi connectivity index (χ1) is 9.65. The largest absolute Gasteiger partial charge is 0.369 e. The molecular weight excluding hydrogens is 314 g/mol. The number of anilines is 1. The van der Waals surface area contributed by atoms with Gasteiger partial charge < -0.3 is 10.6 Å². The summed E-state index contributed by atoms with van der Waals surface area (Å²) in [4.78, 5) is 2.48. The summed E-state index contributed by atoms with van der Waals surface area (Å²) in [6, 6.07) is 9.19. The molecule has 1 aliphatic rings. The Balaban J connectivity index is 2.20. The molecule has 0 aromatic heterocycles. The van der Waals surface area contributed by atoms with Gasteiger partial charge in [0, 0.05) is 28.8 Å². The molecule has 4 heteroatoms. The third kappa shape index (κ3) is 3.53. The Bertz CT molecular complexity index is 487. The molecule has 0 unspecified atom stereocenters. The highest BCUT2D eigenvalue weighted by molar-refractivity contribution is 9.10. The van der Waals surface area contributed by atoms with E-state index < -0.39 is 0 Å². The molecule has 0 bridgehead atoms. The van der Waals surface area contributed by atoms with E-state index in [4.69, 9.17) is 11.0 Å². The molecule has 0 aliphatic heterocycles. The molecule has 2 N–H and O–H groups in total. The normalized spacial score (nSPS) is 22.3. The number of halogens is 1. The van der Waals surface area contributed by atoms with E-state index in [-0.39, 0.29) is 0 Å². The Morgan fingerprint density at radius 2 is 2.05 bits per heavy atom. The lowest BCUT2D eigenvalue weighted by atomic mass is 9.90. The number of hydrogen-bond donors (Lipinski definition) is 1. The summed E-state index contributed by atoms with van der Waals surface area (Å²) in [7, 11) is 0. The zero-order valence-electron chi connectivity index (χ0n) is 12.0. The van der Waals surface area contributed by atoms with Crippen LogP contribution in [0.4, 0.5) is 5.69 Å². The molecular formula is C16H22BrN3. The number of benzene rings is 1. The van der Waals surface area contributed by atoms with Gasteiger partial charge in [0.05, 0.1) is 5.56 Å². The van der Waals surface area contributed by atoms with E-state index >= 15 is 0 Å². The van der Waals surface area contributed by atoms with Crippen LogP contribution in [0.15, 0.2) is 22.7 Å². The van der Waals surface area contributed by atoms with Crippen molar-refractivity contribution in [2.75, 3.05) is 11.4 Å². The van der Waals surface area contributed by atoms with E-state index in [0.717, 1.165) is 30.3 Å². The van der Waals surface area contributed by atoms with Crippen molar-refractivity contribution in [1.82, 2.24) is 0 Å². The van der Waals surface area contributed by atoms with Crippen LogP contribution in [0.2, 0.25) is 0 Å². The SMILES string of the molecule is CCCN(c1ccc(C#N)c(Br)c1)C1CCC(N)CC1. The summed E-state index contributed by atoms with van der Waals surface area (Å²) in [5.41, 5.74) is 7.91. The minimum absolute atomic E-state index is 0.377. The van der Waals surface area contributed by atoms with Gasteiger partial charge in [0.15, 0.2) is 0 Å². The van der Waals surface area contributed by atoms with Crippen molar-refractivity contribution in [3.8, 4) is 6.07 Å². The van der Waals surface area contributed by atoms with Crippen molar-refractivity contribution in [3.63, 3.8) is 0 Å². The maximum absolute atomic E-state index is 9.02. The van der Waals surface area contributed by atoms with E-state index in [1.165, 1.54) is 18.5 Å². The predicted molar refractivity (Wildman–Crippen MR) is 86.7 cm³/mol. The van der Waals surface area contributed by atoms with Crippen LogP contribution in [-0.2, 0) is 0 Å². The van der Waals surface area contributed by atoms with Gasteiger partial charge in [-0.15, -0.1) is 0 Å². The topological polar surface area (TPSA) is 53.0 Å². The second-order valence-electron chi connectivity index (χ2n) is 5.54. The van der Waals surface area contributed by atoms with Gasteiger partial charge in [0.25, 0.3) is 0 Å². The molecule has 20 heavy (non-hydrogen) atoms. The monoisotopic (exact) mass is 335 g/mol. The molecule has 0 heterocycles. The Morgan fingerprint density at radius 1 is 1.35 bits per heavy atom. The van der Waals surface area contributed by atoms with Gasteiger partial charge in [-0.3, -0.25) is 0 Å². The number of nitrogens with zero attached hydrogens (tertiary/aromatic N) is 2. The number of hydrogen-bond acceptors (Lipinski definition) is 3. The quantitative estimate of drug-likeness (QED) is 0.910. The third-order valence-corrected chi connectivity index (χ3v) is 4.71. The average molecular weight is 336 g/mol. The highest BCUT2D eigenvalue weighted by Crippen LogP contribution is 2.30. The standard InChI is InChI=1S/C16H22BrN3/c1-2-9-20(14-7-4-13(19)5-8-14)15-6-3-12(11-18)16(17)10-15/h3,6,10,13-14H,2,4-5,7-9,19H2,1H3. The molecule has 1 saturated carbocycles. The maximum atomic E-state index is 9.02. The van der Waals surface area contributed by atoms with Gasteiger partial charge >= 0.3 is 0 Å². The van der Waals surface area contributed by atoms with Gasteiger partial charge in [0.2, 0.25) is 0 Å². The Hall–Kier alpha value is -1.05. The molecule has 1 fully saturated rings. The first kappa shape index (κ1) is 15.3. The highest BCUT2D eigenvalue weighted by atomic mass is 79.9. The molecule has 3 nitrogen and oxygen atoms in total. The average Bonchev–Trinajstić information content (AvgIpc) is 2.46. The number of nitrogens with two attached hydrogens (primary N) is 1. The lowest BCUT2D eigenvalue weighted by molar-refractivity contribution is 0.375. The van der Waals surface area contributed by atoms with Crippen LogP contribution in [0.1, 0.15) is 44.6 Å². The number of rotatable bonds is 4. The van der Waals surface area contributed by atoms with Crippen LogP contribution in [0.5, 0.6) is 0 Å². The van der Waals surface area contributed by atoms with Crippen LogP contribution in [0, 0.1) is 11.3 Å². The van der Waals surface area contributed by atoms with E-state index in [1.807, 2.05) is 6.07 Å². The molecule has 0 spiro atoms. The first-order valence-corrected chi connectivity index (χ1v) is 8.17. The zero-order chi connectivity index (χ0) is 14.5. The smallest absolute Gasteiger partial charge is 0.100 e. The number of nitriles is 1. The third-order valence-electron chi connectivity index (χ3n) is 4.05. The molecule has 1 aromatic rings. The van der Waals surface area contributed by atoms with Crippen molar-refractivity contribution >= 4 is 21.6 Å². The van der Waals surface area contributed by atoms with E-state index in [9.17, 15) is 0 Å². The van der Waals surface area contributed by atoms with Gasteiger partial charge in [0.1, 0.15) is 6.07 Å². The summed E-state index contributed by atoms with van der Waals surface area (Å²) in [6.45, 7) is 3.26. The molecule has 1 aliphatic carbocycles. The Kier molecular flexibility index (Phi) is 5.45. The Labute approximate surface area is 129 Å². The summed E-state index contributed by atoms with van der Waals surface area (Å²) < 4.78 is 0.881. The summed E-state index contributed by atoms with van der Waals surface area (Å²) >= 11 is 3.49. The van der Waals surface area contributed by atoms with E-state index in [2.05, 4.69) is 46.0 Å². The van der Waals surface area contributed by atoms with Crippen LogP contribution in [0.3, 0.4) is 0 Å². The summed E-state index contributed by atoms with van der Waals surface area (Å²) in [5.74, 6) is 0. The molecule has 2 rings (SSSR count). The first-order valence-electron chi connectivity index (χ1n) is 7.37. The maximum Gasteiger partial charge on any atom is 0.100 e. The molecule has 108 valence electrons. The molecule has 0 saturated heterocycles. The predicted octanol–water partition coefficient (Wildman–Crippen LogP) is 3.81. The van der Waals surface area contributed by atoms with Crippen LogP contribution in [-0.4, -0.2) is 18.6 Å². The summed E-state index contributed by atoms with van der Waals surface area (Å²) in [6.07, 6.45) is 5.68. The molecule has 0 atom stereocenters. The second kappa shape index (κ2) is 7.10. The molecule has 0 amide bonds. The fourth-order valence-corrected chi connectivity index (χ4v) is 3.41. The lowest BCUT2D eigenvalue weighted by Crippen LogP contribution is -2.41. The van der Waals surface area contributed by atoms with Gasteiger partial charge in [-0.05, 0) is 66.2 Å². The van der Waals surface area contributed by atoms with Crippen LogP contribution < -0.4 is 10.6 Å². The van der Waals surface area contributed by atoms with Crippen LogP contribution >= 0.6 is 15.9 Å². The second-order valence-corrected chi connectivity index (χ2v) is 6.39.